The van der Waals surface area contributed by atoms with Crippen LogP contribution in [0.25, 0.3) is 0 Å². The van der Waals surface area contributed by atoms with Gasteiger partial charge in [-0.15, -0.1) is 11.8 Å². The second-order valence-electron chi connectivity index (χ2n) is 5.42. The van der Waals surface area contributed by atoms with Crippen molar-refractivity contribution in [1.29, 1.82) is 0 Å². The number of benzene rings is 2. The van der Waals surface area contributed by atoms with Crippen LogP contribution in [0, 0.1) is 12.7 Å². The van der Waals surface area contributed by atoms with Crippen LogP contribution in [0.15, 0.2) is 47.4 Å². The van der Waals surface area contributed by atoms with E-state index in [0.717, 1.165) is 4.90 Å². The molecule has 0 aliphatic heterocycles. The number of anilines is 2. The highest BCUT2D eigenvalue weighted by Gasteiger charge is 2.15. The van der Waals surface area contributed by atoms with Crippen molar-refractivity contribution in [2.24, 2.45) is 0 Å². The zero-order chi connectivity index (χ0) is 17.7. The molecule has 2 amide bonds. The van der Waals surface area contributed by atoms with Gasteiger partial charge in [-0.2, -0.15) is 0 Å². The van der Waals surface area contributed by atoms with Crippen molar-refractivity contribution in [2.45, 2.75) is 30.9 Å². The van der Waals surface area contributed by atoms with Crippen LogP contribution in [0.5, 0.6) is 0 Å². The number of carbonyl (C=O) groups excluding carboxylic acids is 2. The molecule has 126 valence electrons. The van der Waals surface area contributed by atoms with Crippen LogP contribution in [0.4, 0.5) is 15.8 Å². The molecule has 1 atom stereocenters. The van der Waals surface area contributed by atoms with E-state index in [1.54, 1.807) is 38.1 Å². The Morgan fingerprint density at radius 2 is 1.67 bits per heavy atom. The molecule has 0 spiro atoms. The lowest BCUT2D eigenvalue weighted by molar-refractivity contribution is -0.115. The molecular weight excluding hydrogens is 327 g/mol. The fourth-order valence-electron chi connectivity index (χ4n) is 1.99. The largest absolute Gasteiger partial charge is 0.326 e. The van der Waals surface area contributed by atoms with Gasteiger partial charge < -0.3 is 10.6 Å². The molecule has 0 saturated carbocycles. The number of halogens is 1. The molecule has 0 heterocycles. The van der Waals surface area contributed by atoms with Gasteiger partial charge in [0.1, 0.15) is 5.82 Å². The molecule has 0 saturated heterocycles. The third-order valence-electron chi connectivity index (χ3n) is 3.30. The van der Waals surface area contributed by atoms with Gasteiger partial charge in [0.2, 0.25) is 11.8 Å². The van der Waals surface area contributed by atoms with E-state index in [2.05, 4.69) is 10.6 Å². The Bertz CT molecular complexity index is 747. The Labute approximate surface area is 144 Å². The molecule has 0 aliphatic rings. The van der Waals surface area contributed by atoms with Crippen LogP contribution in [-0.2, 0) is 9.59 Å². The number of hydrogen-bond donors (Lipinski definition) is 2. The first-order valence-electron chi connectivity index (χ1n) is 7.46. The number of hydrogen-bond acceptors (Lipinski definition) is 3. The summed E-state index contributed by atoms with van der Waals surface area (Å²) < 4.78 is 13.5. The lowest BCUT2D eigenvalue weighted by Crippen LogP contribution is -2.22. The van der Waals surface area contributed by atoms with Crippen molar-refractivity contribution in [3.8, 4) is 0 Å². The van der Waals surface area contributed by atoms with Crippen molar-refractivity contribution < 1.29 is 14.0 Å². The molecule has 0 bridgehead atoms. The van der Waals surface area contributed by atoms with Crippen LogP contribution >= 0.6 is 11.8 Å². The van der Waals surface area contributed by atoms with Crippen molar-refractivity contribution >= 4 is 35.0 Å². The highest BCUT2D eigenvalue weighted by atomic mass is 32.2. The molecule has 2 aromatic carbocycles. The van der Waals surface area contributed by atoms with E-state index >= 15 is 0 Å². The van der Waals surface area contributed by atoms with Crippen molar-refractivity contribution in [3.63, 3.8) is 0 Å². The predicted octanol–water partition coefficient (Wildman–Crippen LogP) is 4.21. The molecular formula is C18H19FN2O2S. The van der Waals surface area contributed by atoms with Gasteiger partial charge in [0.25, 0.3) is 0 Å². The van der Waals surface area contributed by atoms with E-state index in [-0.39, 0.29) is 22.9 Å². The zero-order valence-electron chi connectivity index (χ0n) is 13.7. The fraction of sp³-hybridized carbons (Fsp3) is 0.222. The van der Waals surface area contributed by atoms with Gasteiger partial charge in [0.05, 0.1) is 5.25 Å². The monoisotopic (exact) mass is 346 g/mol. The van der Waals surface area contributed by atoms with Crippen molar-refractivity contribution in [3.05, 3.63) is 53.8 Å². The van der Waals surface area contributed by atoms with E-state index in [1.807, 2.05) is 12.1 Å². The summed E-state index contributed by atoms with van der Waals surface area (Å²) in [5.74, 6) is -0.677. The molecule has 0 fully saturated rings. The minimum Gasteiger partial charge on any atom is -0.326 e. The van der Waals surface area contributed by atoms with Gasteiger partial charge in [-0.3, -0.25) is 9.59 Å². The number of carbonyl (C=O) groups is 2. The number of rotatable bonds is 5. The van der Waals surface area contributed by atoms with E-state index in [0.29, 0.717) is 16.9 Å². The molecule has 0 unspecified atom stereocenters. The van der Waals surface area contributed by atoms with Crippen LogP contribution in [0.2, 0.25) is 0 Å². The topological polar surface area (TPSA) is 58.2 Å². The molecule has 6 heteroatoms. The van der Waals surface area contributed by atoms with Crippen LogP contribution < -0.4 is 10.6 Å². The summed E-state index contributed by atoms with van der Waals surface area (Å²) >= 11 is 1.39. The third kappa shape index (κ3) is 5.09. The Morgan fingerprint density at radius 3 is 2.25 bits per heavy atom. The maximum Gasteiger partial charge on any atom is 0.237 e. The Balaban J connectivity index is 1.95. The van der Waals surface area contributed by atoms with E-state index in [1.165, 1.54) is 24.8 Å². The molecule has 0 aromatic heterocycles. The van der Waals surface area contributed by atoms with Gasteiger partial charge in [-0.25, -0.2) is 4.39 Å². The Morgan fingerprint density at radius 1 is 1.04 bits per heavy atom. The van der Waals surface area contributed by atoms with Crippen LogP contribution in [0.1, 0.15) is 19.4 Å². The minimum absolute atomic E-state index is 0.131. The minimum atomic E-state index is -0.346. The Kier molecular flexibility index (Phi) is 5.98. The summed E-state index contributed by atoms with van der Waals surface area (Å²) in [4.78, 5) is 24.1. The molecule has 2 rings (SSSR count). The zero-order valence-corrected chi connectivity index (χ0v) is 14.5. The first kappa shape index (κ1) is 18.0. The fourth-order valence-corrected chi connectivity index (χ4v) is 2.86. The summed E-state index contributed by atoms with van der Waals surface area (Å²) in [7, 11) is 0. The number of amides is 2. The van der Waals surface area contributed by atoms with E-state index in [9.17, 15) is 14.0 Å². The van der Waals surface area contributed by atoms with Crippen molar-refractivity contribution in [1.82, 2.24) is 0 Å². The van der Waals surface area contributed by atoms with E-state index < -0.39 is 0 Å². The maximum atomic E-state index is 13.5. The second-order valence-corrected chi connectivity index (χ2v) is 6.83. The molecule has 24 heavy (non-hydrogen) atoms. The number of nitrogens with one attached hydrogen (secondary N) is 2. The summed E-state index contributed by atoms with van der Waals surface area (Å²) in [5.41, 5.74) is 1.69. The van der Waals surface area contributed by atoms with Gasteiger partial charge in [0.15, 0.2) is 0 Å². The lowest BCUT2D eigenvalue weighted by atomic mass is 10.2. The quantitative estimate of drug-likeness (QED) is 0.797. The van der Waals surface area contributed by atoms with Gasteiger partial charge in [-0.05, 0) is 55.8 Å². The molecule has 0 aliphatic carbocycles. The van der Waals surface area contributed by atoms with Gasteiger partial charge in [-0.1, -0.05) is 6.07 Å². The smallest absolute Gasteiger partial charge is 0.237 e. The van der Waals surface area contributed by atoms with Crippen LogP contribution in [-0.4, -0.2) is 17.1 Å². The average molecular weight is 346 g/mol. The molecule has 4 nitrogen and oxygen atoms in total. The molecule has 2 N–H and O–H groups in total. The van der Waals surface area contributed by atoms with Gasteiger partial charge in [0, 0.05) is 23.2 Å². The first-order valence-corrected chi connectivity index (χ1v) is 8.34. The lowest BCUT2D eigenvalue weighted by Gasteiger charge is -2.13. The summed E-state index contributed by atoms with van der Waals surface area (Å²) in [5, 5.41) is 5.05. The second kappa shape index (κ2) is 7.97. The third-order valence-corrected chi connectivity index (χ3v) is 4.41. The van der Waals surface area contributed by atoms with Crippen molar-refractivity contribution in [2.75, 3.05) is 10.6 Å². The predicted molar refractivity (Wildman–Crippen MR) is 95.8 cm³/mol. The van der Waals surface area contributed by atoms with Crippen LogP contribution in [0.3, 0.4) is 0 Å². The normalized spacial score (nSPS) is 11.7. The molecule has 0 radical (unpaired) electrons. The summed E-state index contributed by atoms with van der Waals surface area (Å²) in [6, 6.07) is 11.9. The first-order chi connectivity index (χ1) is 11.3. The Hall–Kier alpha value is -2.34. The SMILES string of the molecule is CC(=O)Nc1ccc(S[C@H](C)C(=O)Nc2ccc(C)c(F)c2)cc1. The number of thioether (sulfide) groups is 1. The summed E-state index contributed by atoms with van der Waals surface area (Å²) in [6.45, 7) is 4.90. The van der Waals surface area contributed by atoms with Gasteiger partial charge >= 0.3 is 0 Å². The maximum absolute atomic E-state index is 13.5. The van der Waals surface area contributed by atoms with E-state index in [4.69, 9.17) is 0 Å². The highest BCUT2D eigenvalue weighted by molar-refractivity contribution is 8.00. The standard InChI is InChI=1S/C18H19FN2O2S/c1-11-4-5-15(10-17(11)19)21-18(23)12(2)24-16-8-6-14(7-9-16)20-13(3)22/h4-10,12H,1-3H3,(H,20,22)(H,21,23)/t12-/m1/s1. The number of aryl methyl sites for hydroxylation is 1. The summed E-state index contributed by atoms with van der Waals surface area (Å²) in [6.07, 6.45) is 0. The molecule has 2 aromatic rings. The average Bonchev–Trinajstić information content (AvgIpc) is 2.52. The highest BCUT2D eigenvalue weighted by Crippen LogP contribution is 2.26.